The van der Waals surface area contributed by atoms with Gasteiger partial charge in [-0.15, -0.1) is 6.58 Å². The first-order valence-corrected chi connectivity index (χ1v) is 6.85. The molecule has 0 N–H and O–H groups in total. The van der Waals surface area contributed by atoms with E-state index in [9.17, 15) is 4.79 Å². The van der Waals surface area contributed by atoms with Crippen LogP contribution in [0.2, 0.25) is 0 Å². The molecule has 17 heavy (non-hydrogen) atoms. The average Bonchev–Trinajstić information content (AvgIpc) is 2.32. The van der Waals surface area contributed by atoms with Gasteiger partial charge < -0.3 is 0 Å². The predicted octanol–water partition coefficient (Wildman–Crippen LogP) is 5.08. The second-order valence-corrected chi connectivity index (χ2v) is 5.08. The van der Waals surface area contributed by atoms with Gasteiger partial charge in [-0.25, -0.2) is 0 Å². The Morgan fingerprint density at radius 3 is 2.82 bits per heavy atom. The molecule has 0 aromatic heterocycles. The molecule has 0 heterocycles. The maximum absolute atomic E-state index is 12.0. The molecule has 0 atom stereocenters. The summed E-state index contributed by atoms with van der Waals surface area (Å²) in [5.74, 6) is 0.252. The van der Waals surface area contributed by atoms with Crippen LogP contribution in [0.4, 0.5) is 0 Å². The molecule has 0 amide bonds. The summed E-state index contributed by atoms with van der Waals surface area (Å²) in [4.78, 5) is 12.0. The molecule has 0 aliphatic carbocycles. The number of benzene rings is 1. The first-order valence-electron chi connectivity index (χ1n) is 6.06. The highest BCUT2D eigenvalue weighted by Gasteiger charge is 2.09. The summed E-state index contributed by atoms with van der Waals surface area (Å²) in [6.07, 6.45) is 6.83. The van der Waals surface area contributed by atoms with E-state index in [0.29, 0.717) is 6.42 Å². The van der Waals surface area contributed by atoms with Crippen molar-refractivity contribution in [1.29, 1.82) is 0 Å². The Labute approximate surface area is 112 Å². The lowest BCUT2D eigenvalue weighted by Crippen LogP contribution is -2.02. The number of carbonyl (C=O) groups excluding carboxylic acids is 1. The molecule has 0 radical (unpaired) electrons. The van der Waals surface area contributed by atoms with Crippen molar-refractivity contribution in [2.45, 2.75) is 39.0 Å². The van der Waals surface area contributed by atoms with E-state index in [4.69, 9.17) is 0 Å². The number of halogens is 1. The van der Waals surface area contributed by atoms with E-state index in [-0.39, 0.29) is 5.78 Å². The largest absolute Gasteiger partial charge is 0.294 e. The molecule has 1 aromatic carbocycles. The van der Waals surface area contributed by atoms with Crippen molar-refractivity contribution in [3.8, 4) is 0 Å². The van der Waals surface area contributed by atoms with Gasteiger partial charge in [0.1, 0.15) is 0 Å². The van der Waals surface area contributed by atoms with E-state index in [0.717, 1.165) is 41.3 Å². The number of hydrogen-bond donors (Lipinski definition) is 0. The molecule has 0 spiro atoms. The molecule has 1 nitrogen and oxygen atoms in total. The lowest BCUT2D eigenvalue weighted by molar-refractivity contribution is 0.0978. The minimum Gasteiger partial charge on any atom is -0.294 e. The zero-order chi connectivity index (χ0) is 12.7. The van der Waals surface area contributed by atoms with Gasteiger partial charge in [0.25, 0.3) is 0 Å². The molecule has 0 saturated heterocycles. The molecule has 0 aliphatic heterocycles. The van der Waals surface area contributed by atoms with Crippen molar-refractivity contribution in [1.82, 2.24) is 0 Å². The van der Waals surface area contributed by atoms with Gasteiger partial charge in [0, 0.05) is 16.5 Å². The molecular weight excluding hydrogens is 276 g/mol. The minimum absolute atomic E-state index is 0.252. The van der Waals surface area contributed by atoms with E-state index in [1.807, 2.05) is 31.2 Å². The third kappa shape index (κ3) is 4.47. The second-order valence-electron chi connectivity index (χ2n) is 4.22. The Morgan fingerprint density at radius 2 is 2.12 bits per heavy atom. The van der Waals surface area contributed by atoms with Crippen molar-refractivity contribution in [2.24, 2.45) is 0 Å². The summed E-state index contributed by atoms with van der Waals surface area (Å²) in [5, 5.41) is 0. The number of ketones is 1. The predicted molar refractivity (Wildman–Crippen MR) is 76.5 cm³/mol. The molecule has 0 fully saturated rings. The molecule has 0 aliphatic rings. The van der Waals surface area contributed by atoms with Gasteiger partial charge in [0.05, 0.1) is 0 Å². The van der Waals surface area contributed by atoms with Crippen molar-refractivity contribution in [3.63, 3.8) is 0 Å². The zero-order valence-electron chi connectivity index (χ0n) is 10.3. The number of hydrogen-bond acceptors (Lipinski definition) is 1. The van der Waals surface area contributed by atoms with E-state index >= 15 is 0 Å². The van der Waals surface area contributed by atoms with Gasteiger partial charge in [0.15, 0.2) is 5.78 Å². The number of carbonyl (C=O) groups is 1. The van der Waals surface area contributed by atoms with Gasteiger partial charge in [-0.1, -0.05) is 40.6 Å². The smallest absolute Gasteiger partial charge is 0.163 e. The van der Waals surface area contributed by atoms with Crippen LogP contribution in [0, 0.1) is 6.92 Å². The minimum atomic E-state index is 0.252. The van der Waals surface area contributed by atoms with Crippen LogP contribution in [0.1, 0.15) is 48.0 Å². The van der Waals surface area contributed by atoms with Crippen LogP contribution in [0.15, 0.2) is 35.3 Å². The summed E-state index contributed by atoms with van der Waals surface area (Å²) < 4.78 is 1.01. The van der Waals surface area contributed by atoms with E-state index in [1.54, 1.807) is 0 Å². The van der Waals surface area contributed by atoms with Crippen LogP contribution < -0.4 is 0 Å². The number of rotatable bonds is 7. The highest BCUT2D eigenvalue weighted by molar-refractivity contribution is 9.10. The first kappa shape index (κ1) is 14.2. The number of Topliss-reactive ketones (excluding diaryl/α,β-unsaturated/α-hetero) is 1. The summed E-state index contributed by atoms with van der Waals surface area (Å²) in [6.45, 7) is 5.67. The lowest BCUT2D eigenvalue weighted by Gasteiger charge is -2.06. The third-order valence-corrected chi connectivity index (χ3v) is 3.74. The first-order chi connectivity index (χ1) is 8.16. The van der Waals surface area contributed by atoms with E-state index < -0.39 is 0 Å². The van der Waals surface area contributed by atoms with Crippen LogP contribution in [0.5, 0.6) is 0 Å². The zero-order valence-corrected chi connectivity index (χ0v) is 11.9. The van der Waals surface area contributed by atoms with Gasteiger partial charge >= 0.3 is 0 Å². The second kappa shape index (κ2) is 7.44. The molecule has 0 saturated carbocycles. The molecule has 1 aromatic rings. The fourth-order valence-corrected chi connectivity index (χ4v) is 2.16. The fraction of sp³-hybridized carbons (Fsp3) is 0.400. The molecule has 0 bridgehead atoms. The quantitative estimate of drug-likeness (QED) is 0.389. The van der Waals surface area contributed by atoms with Gasteiger partial charge in [-0.2, -0.15) is 0 Å². The molecular formula is C15H19BrO. The van der Waals surface area contributed by atoms with Gasteiger partial charge in [-0.05, 0) is 37.8 Å². The normalized spacial score (nSPS) is 10.2. The van der Waals surface area contributed by atoms with Crippen molar-refractivity contribution in [2.75, 3.05) is 0 Å². The summed E-state index contributed by atoms with van der Waals surface area (Å²) >= 11 is 3.45. The topological polar surface area (TPSA) is 17.1 Å². The van der Waals surface area contributed by atoms with Crippen molar-refractivity contribution < 1.29 is 4.79 Å². The fourth-order valence-electron chi connectivity index (χ4n) is 1.80. The van der Waals surface area contributed by atoms with Gasteiger partial charge in [0.2, 0.25) is 0 Å². The highest BCUT2D eigenvalue weighted by Crippen LogP contribution is 2.21. The van der Waals surface area contributed by atoms with Crippen molar-refractivity contribution >= 4 is 21.7 Å². The summed E-state index contributed by atoms with van der Waals surface area (Å²) in [7, 11) is 0. The third-order valence-electron chi connectivity index (χ3n) is 2.88. The highest BCUT2D eigenvalue weighted by atomic mass is 79.9. The Hall–Kier alpha value is -0.890. The number of allylic oxidation sites excluding steroid dienone is 1. The molecule has 0 unspecified atom stereocenters. The Bertz CT molecular complexity index is 396. The van der Waals surface area contributed by atoms with Crippen LogP contribution in [0.25, 0.3) is 0 Å². The Morgan fingerprint density at radius 1 is 1.35 bits per heavy atom. The molecule has 1 rings (SSSR count). The summed E-state index contributed by atoms with van der Waals surface area (Å²) in [6, 6.07) is 5.80. The number of unbranched alkanes of at least 4 members (excludes halogenated alkanes) is 3. The van der Waals surface area contributed by atoms with E-state index in [2.05, 4.69) is 22.5 Å². The average molecular weight is 295 g/mol. The maximum Gasteiger partial charge on any atom is 0.163 e. The molecule has 2 heteroatoms. The van der Waals surface area contributed by atoms with Gasteiger partial charge in [-0.3, -0.25) is 4.79 Å². The Balaban J connectivity index is 2.47. The summed E-state index contributed by atoms with van der Waals surface area (Å²) in [5.41, 5.74) is 1.90. The van der Waals surface area contributed by atoms with Crippen LogP contribution in [0.3, 0.4) is 0 Å². The standard InChI is InChI=1S/C15H19BrO/c1-3-4-5-6-7-11-15(17)13-9-8-10-14(16)12(13)2/h3,8-10H,1,4-7,11H2,2H3. The lowest BCUT2D eigenvalue weighted by atomic mass is 10.0. The van der Waals surface area contributed by atoms with Crippen LogP contribution in [-0.4, -0.2) is 5.78 Å². The molecule has 92 valence electrons. The van der Waals surface area contributed by atoms with Crippen LogP contribution >= 0.6 is 15.9 Å². The maximum atomic E-state index is 12.0. The SMILES string of the molecule is C=CCCCCCC(=O)c1cccc(Br)c1C. The monoisotopic (exact) mass is 294 g/mol. The van der Waals surface area contributed by atoms with Crippen LogP contribution in [-0.2, 0) is 0 Å². The van der Waals surface area contributed by atoms with E-state index in [1.165, 1.54) is 0 Å². The van der Waals surface area contributed by atoms with Crippen molar-refractivity contribution in [3.05, 3.63) is 46.5 Å². The Kier molecular flexibility index (Phi) is 6.20.